The Bertz CT molecular complexity index is 1080. The predicted molar refractivity (Wildman–Crippen MR) is 110 cm³/mol. The Morgan fingerprint density at radius 1 is 1.00 bits per heavy atom. The molecular weight excluding hydrogens is 348 g/mol. The first-order valence-electron chi connectivity index (χ1n) is 9.41. The van der Waals surface area contributed by atoms with Gasteiger partial charge in [0.2, 0.25) is 5.91 Å². The number of carbonyl (C=O) groups is 1. The first kappa shape index (κ1) is 17.9. The van der Waals surface area contributed by atoms with E-state index in [2.05, 4.69) is 29.4 Å². The van der Waals surface area contributed by atoms with Gasteiger partial charge in [-0.3, -0.25) is 9.36 Å². The molecule has 0 aliphatic carbocycles. The molecule has 4 rings (SSSR count). The predicted octanol–water partition coefficient (Wildman–Crippen LogP) is 3.98. The van der Waals surface area contributed by atoms with Gasteiger partial charge in [-0.1, -0.05) is 48.0 Å². The maximum atomic E-state index is 12.4. The van der Waals surface area contributed by atoms with Crippen molar-refractivity contribution < 1.29 is 4.79 Å². The number of para-hydroxylation sites is 1. The topological polar surface area (TPSA) is 59.8 Å². The van der Waals surface area contributed by atoms with Crippen molar-refractivity contribution in [1.29, 1.82) is 0 Å². The molecule has 0 saturated heterocycles. The normalized spacial score (nSPS) is 10.9. The third kappa shape index (κ3) is 3.93. The molecular formula is C23H22N4O. The molecule has 5 nitrogen and oxygen atoms in total. The lowest BCUT2D eigenvalue weighted by atomic mass is 10.1. The lowest BCUT2D eigenvalue weighted by molar-refractivity contribution is -0.121. The van der Waals surface area contributed by atoms with Gasteiger partial charge in [0.25, 0.3) is 0 Å². The molecule has 0 radical (unpaired) electrons. The molecule has 0 saturated carbocycles. The Balaban J connectivity index is 1.48. The Morgan fingerprint density at radius 2 is 1.79 bits per heavy atom. The molecule has 2 aromatic carbocycles. The second-order valence-corrected chi connectivity index (χ2v) is 6.81. The minimum absolute atomic E-state index is 0.0141. The fourth-order valence-corrected chi connectivity index (χ4v) is 3.20. The van der Waals surface area contributed by atoms with Gasteiger partial charge in [0.15, 0.2) is 5.65 Å². The van der Waals surface area contributed by atoms with Gasteiger partial charge in [0.05, 0.1) is 0 Å². The van der Waals surface area contributed by atoms with E-state index in [-0.39, 0.29) is 5.91 Å². The fourth-order valence-electron chi connectivity index (χ4n) is 3.20. The highest BCUT2D eigenvalue weighted by molar-refractivity contribution is 5.77. The number of amides is 1. The Hall–Kier alpha value is -3.47. The number of hydrogen-bond acceptors (Lipinski definition) is 3. The Kier molecular flexibility index (Phi) is 5.15. The van der Waals surface area contributed by atoms with E-state index in [1.165, 1.54) is 5.56 Å². The van der Waals surface area contributed by atoms with Gasteiger partial charge in [0.1, 0.15) is 11.3 Å². The molecule has 0 aliphatic rings. The number of benzene rings is 2. The molecule has 140 valence electrons. The van der Waals surface area contributed by atoms with Crippen LogP contribution in [0.4, 0.5) is 0 Å². The molecule has 4 aromatic rings. The molecule has 0 fully saturated rings. The summed E-state index contributed by atoms with van der Waals surface area (Å²) in [6.07, 6.45) is 2.69. The summed E-state index contributed by atoms with van der Waals surface area (Å²) >= 11 is 0. The summed E-state index contributed by atoms with van der Waals surface area (Å²) in [5.41, 5.74) is 4.95. The number of hydrogen-bond donors (Lipinski definition) is 1. The van der Waals surface area contributed by atoms with Crippen LogP contribution in [0.5, 0.6) is 0 Å². The van der Waals surface area contributed by atoms with Crippen LogP contribution in [0.3, 0.4) is 0 Å². The summed E-state index contributed by atoms with van der Waals surface area (Å²) in [4.78, 5) is 21.6. The number of nitrogens with one attached hydrogen (secondary N) is 1. The van der Waals surface area contributed by atoms with Crippen molar-refractivity contribution in [2.45, 2.75) is 26.3 Å². The molecule has 0 atom stereocenters. The van der Waals surface area contributed by atoms with Crippen molar-refractivity contribution in [2.24, 2.45) is 0 Å². The highest BCUT2D eigenvalue weighted by Crippen LogP contribution is 2.20. The van der Waals surface area contributed by atoms with Crippen molar-refractivity contribution >= 4 is 17.1 Å². The van der Waals surface area contributed by atoms with Crippen LogP contribution < -0.4 is 5.32 Å². The number of pyridine rings is 1. The Morgan fingerprint density at radius 3 is 2.57 bits per heavy atom. The molecule has 28 heavy (non-hydrogen) atoms. The number of imidazole rings is 1. The summed E-state index contributed by atoms with van der Waals surface area (Å²) in [6, 6.07) is 22.0. The fraction of sp³-hybridized carbons (Fsp3) is 0.174. The minimum Gasteiger partial charge on any atom is -0.352 e. The van der Waals surface area contributed by atoms with E-state index in [0.29, 0.717) is 19.4 Å². The van der Waals surface area contributed by atoms with Crippen molar-refractivity contribution in [3.05, 3.63) is 89.9 Å². The number of carbonyl (C=O) groups excluding carboxylic acids is 1. The monoisotopic (exact) mass is 370 g/mol. The van der Waals surface area contributed by atoms with Gasteiger partial charge in [-0.05, 0) is 36.8 Å². The SMILES string of the molecule is Cc1ccc(CNC(=O)CCc2nc3cccnc3n2-c2ccccc2)cc1. The Labute approximate surface area is 164 Å². The van der Waals surface area contributed by atoms with Crippen LogP contribution in [0, 0.1) is 6.92 Å². The van der Waals surface area contributed by atoms with Crippen LogP contribution in [0.1, 0.15) is 23.4 Å². The summed E-state index contributed by atoms with van der Waals surface area (Å²) in [6.45, 7) is 2.59. The quantitative estimate of drug-likeness (QED) is 0.558. The number of aryl methyl sites for hydroxylation is 2. The third-order valence-electron chi connectivity index (χ3n) is 4.69. The van der Waals surface area contributed by atoms with Gasteiger partial charge >= 0.3 is 0 Å². The average molecular weight is 370 g/mol. The van der Waals surface area contributed by atoms with Gasteiger partial charge in [-0.25, -0.2) is 9.97 Å². The maximum absolute atomic E-state index is 12.4. The van der Waals surface area contributed by atoms with Crippen LogP contribution in [0.15, 0.2) is 72.9 Å². The number of aromatic nitrogens is 3. The van der Waals surface area contributed by atoms with Crippen LogP contribution >= 0.6 is 0 Å². The molecule has 1 N–H and O–H groups in total. The number of fused-ring (bicyclic) bond motifs is 1. The van der Waals surface area contributed by atoms with E-state index in [0.717, 1.165) is 28.2 Å². The molecule has 0 aliphatic heterocycles. The first-order chi connectivity index (χ1) is 13.7. The maximum Gasteiger partial charge on any atom is 0.220 e. The second kappa shape index (κ2) is 8.05. The minimum atomic E-state index is 0.0141. The van der Waals surface area contributed by atoms with E-state index in [1.807, 2.05) is 59.2 Å². The average Bonchev–Trinajstić information content (AvgIpc) is 3.11. The molecule has 2 heterocycles. The number of rotatable bonds is 6. The zero-order chi connectivity index (χ0) is 19.3. The molecule has 0 spiro atoms. The standard InChI is InChI=1S/C23H22N4O/c1-17-9-11-18(12-10-17)16-25-22(28)14-13-21-26-20-8-5-15-24-23(20)27(21)19-6-3-2-4-7-19/h2-12,15H,13-14,16H2,1H3,(H,25,28). The highest BCUT2D eigenvalue weighted by Gasteiger charge is 2.14. The van der Waals surface area contributed by atoms with Crippen molar-refractivity contribution in [1.82, 2.24) is 19.9 Å². The van der Waals surface area contributed by atoms with E-state index in [9.17, 15) is 4.79 Å². The summed E-state index contributed by atoms with van der Waals surface area (Å²) < 4.78 is 2.03. The second-order valence-electron chi connectivity index (χ2n) is 6.81. The van der Waals surface area contributed by atoms with Gasteiger partial charge < -0.3 is 5.32 Å². The van der Waals surface area contributed by atoms with E-state index in [1.54, 1.807) is 6.20 Å². The molecule has 0 bridgehead atoms. The summed E-state index contributed by atoms with van der Waals surface area (Å²) in [7, 11) is 0. The zero-order valence-electron chi connectivity index (χ0n) is 15.8. The van der Waals surface area contributed by atoms with E-state index >= 15 is 0 Å². The van der Waals surface area contributed by atoms with Crippen molar-refractivity contribution in [3.8, 4) is 5.69 Å². The first-order valence-corrected chi connectivity index (χ1v) is 9.41. The van der Waals surface area contributed by atoms with Gasteiger partial charge in [-0.15, -0.1) is 0 Å². The highest BCUT2D eigenvalue weighted by atomic mass is 16.1. The van der Waals surface area contributed by atoms with Gasteiger partial charge in [-0.2, -0.15) is 0 Å². The number of nitrogens with zero attached hydrogens (tertiary/aromatic N) is 3. The van der Waals surface area contributed by atoms with Crippen molar-refractivity contribution in [3.63, 3.8) is 0 Å². The zero-order valence-corrected chi connectivity index (χ0v) is 15.8. The smallest absolute Gasteiger partial charge is 0.220 e. The largest absolute Gasteiger partial charge is 0.352 e. The molecule has 0 unspecified atom stereocenters. The van der Waals surface area contributed by atoms with Gasteiger partial charge in [0, 0.05) is 31.3 Å². The third-order valence-corrected chi connectivity index (χ3v) is 4.69. The summed E-state index contributed by atoms with van der Waals surface area (Å²) in [5.74, 6) is 0.852. The molecule has 2 aromatic heterocycles. The van der Waals surface area contributed by atoms with Crippen LogP contribution in [-0.2, 0) is 17.8 Å². The van der Waals surface area contributed by atoms with Crippen LogP contribution in [0.25, 0.3) is 16.9 Å². The van der Waals surface area contributed by atoms with Crippen molar-refractivity contribution in [2.75, 3.05) is 0 Å². The van der Waals surface area contributed by atoms with Crippen LogP contribution in [0.2, 0.25) is 0 Å². The van der Waals surface area contributed by atoms with Crippen LogP contribution in [-0.4, -0.2) is 20.4 Å². The molecule has 5 heteroatoms. The lowest BCUT2D eigenvalue weighted by Gasteiger charge is -2.09. The van der Waals surface area contributed by atoms with E-state index in [4.69, 9.17) is 4.98 Å². The lowest BCUT2D eigenvalue weighted by Crippen LogP contribution is -2.23. The molecule has 1 amide bonds. The summed E-state index contributed by atoms with van der Waals surface area (Å²) in [5, 5.41) is 2.99. The van der Waals surface area contributed by atoms with E-state index < -0.39 is 0 Å².